The minimum Gasteiger partial charge on any atom is -0.497 e. The van der Waals surface area contributed by atoms with Gasteiger partial charge in [-0.25, -0.2) is 4.68 Å². The summed E-state index contributed by atoms with van der Waals surface area (Å²) in [5, 5.41) is 12.9. The van der Waals surface area contributed by atoms with Crippen molar-refractivity contribution in [2.24, 2.45) is 0 Å². The summed E-state index contributed by atoms with van der Waals surface area (Å²) in [5.74, 6) is 1.72. The van der Waals surface area contributed by atoms with Crippen LogP contribution in [0, 0.1) is 13.8 Å². The van der Waals surface area contributed by atoms with Gasteiger partial charge in [-0.15, -0.1) is 17.5 Å². The van der Waals surface area contributed by atoms with Crippen molar-refractivity contribution in [3.8, 4) is 5.75 Å². The van der Waals surface area contributed by atoms with Gasteiger partial charge >= 0.3 is 0 Å². The Balaban J connectivity index is 0.00000289. The van der Waals surface area contributed by atoms with Gasteiger partial charge < -0.3 is 14.4 Å². The number of hydrogen-bond acceptors (Lipinski definition) is 7. The maximum absolute atomic E-state index is 5.87. The van der Waals surface area contributed by atoms with Crippen molar-refractivity contribution in [3.05, 3.63) is 65.0 Å². The van der Waals surface area contributed by atoms with E-state index in [1.807, 2.05) is 16.8 Å². The summed E-state index contributed by atoms with van der Waals surface area (Å²) < 4.78 is 13.2. The lowest BCUT2D eigenvalue weighted by molar-refractivity contribution is 0.0906. The van der Waals surface area contributed by atoms with E-state index in [2.05, 4.69) is 69.5 Å². The van der Waals surface area contributed by atoms with Crippen LogP contribution in [0.5, 0.6) is 5.75 Å². The van der Waals surface area contributed by atoms with E-state index in [4.69, 9.17) is 9.47 Å². The van der Waals surface area contributed by atoms with Crippen molar-refractivity contribution in [2.45, 2.75) is 45.4 Å². The highest BCUT2D eigenvalue weighted by molar-refractivity contribution is 5.85. The van der Waals surface area contributed by atoms with E-state index in [-0.39, 0.29) is 24.6 Å². The molecule has 2 unspecified atom stereocenters. The maximum Gasteiger partial charge on any atom is 0.173 e. The molecule has 188 valence electrons. The first-order chi connectivity index (χ1) is 16.6. The number of aromatic nitrogens is 4. The topological polar surface area (TPSA) is 68.5 Å². The first kappa shape index (κ1) is 25.4. The van der Waals surface area contributed by atoms with Crippen LogP contribution >= 0.6 is 12.4 Å². The predicted octanol–water partition coefficient (Wildman–Crippen LogP) is 3.81. The summed E-state index contributed by atoms with van der Waals surface area (Å²) in [6, 6.07) is 14.8. The number of tetrazole rings is 1. The predicted molar refractivity (Wildman–Crippen MR) is 139 cm³/mol. The Morgan fingerprint density at radius 1 is 1.06 bits per heavy atom. The molecular formula is C26H35ClN6O2. The lowest BCUT2D eigenvalue weighted by Gasteiger charge is -2.40. The van der Waals surface area contributed by atoms with E-state index in [0.29, 0.717) is 6.54 Å². The first-order valence-corrected chi connectivity index (χ1v) is 12.2. The van der Waals surface area contributed by atoms with Gasteiger partial charge in [0, 0.05) is 38.5 Å². The van der Waals surface area contributed by atoms with Crippen LogP contribution in [0.3, 0.4) is 0 Å². The van der Waals surface area contributed by atoms with Crippen molar-refractivity contribution in [1.82, 2.24) is 25.1 Å². The molecule has 0 radical (unpaired) electrons. The van der Waals surface area contributed by atoms with Crippen LogP contribution in [-0.4, -0.2) is 71.1 Å². The molecular weight excluding hydrogens is 464 g/mol. The SMILES string of the molecule is COc1ccc(C(c2nnnn2CC2CCCO2)N2CCN(c3cccc(C)c3C)CC2)cc1.Cl. The molecule has 2 atom stereocenters. The van der Waals surface area contributed by atoms with Crippen LogP contribution in [0.1, 0.15) is 41.4 Å². The summed E-state index contributed by atoms with van der Waals surface area (Å²) in [4.78, 5) is 5.00. The largest absolute Gasteiger partial charge is 0.497 e. The molecule has 0 amide bonds. The number of piperazine rings is 1. The molecule has 2 aliphatic heterocycles. The number of aryl methyl sites for hydroxylation is 1. The Labute approximate surface area is 213 Å². The molecule has 0 bridgehead atoms. The summed E-state index contributed by atoms with van der Waals surface area (Å²) in [6.45, 7) is 9.70. The lowest BCUT2D eigenvalue weighted by atomic mass is 10.0. The second kappa shape index (κ2) is 11.4. The highest BCUT2D eigenvalue weighted by Gasteiger charge is 2.32. The molecule has 2 saturated heterocycles. The number of methoxy groups -OCH3 is 1. The molecule has 1 aromatic heterocycles. The molecule has 35 heavy (non-hydrogen) atoms. The fourth-order valence-electron chi connectivity index (χ4n) is 5.13. The molecule has 2 fully saturated rings. The molecule has 3 heterocycles. The number of halogens is 1. The molecule has 0 N–H and O–H groups in total. The van der Waals surface area contributed by atoms with Crippen LogP contribution in [-0.2, 0) is 11.3 Å². The molecule has 3 aromatic rings. The van der Waals surface area contributed by atoms with Crippen LogP contribution in [0.4, 0.5) is 5.69 Å². The number of ether oxygens (including phenoxy) is 2. The Morgan fingerprint density at radius 2 is 1.83 bits per heavy atom. The molecule has 8 nitrogen and oxygen atoms in total. The number of nitrogens with zero attached hydrogens (tertiary/aromatic N) is 6. The van der Waals surface area contributed by atoms with Gasteiger partial charge in [-0.1, -0.05) is 24.3 Å². The van der Waals surface area contributed by atoms with Gasteiger partial charge in [0.2, 0.25) is 0 Å². The molecule has 0 saturated carbocycles. The van der Waals surface area contributed by atoms with Gasteiger partial charge in [-0.3, -0.25) is 4.90 Å². The standard InChI is InChI=1S/C26H34N6O2.ClH/c1-19-6-4-8-24(20(19)2)30-13-15-31(16-14-30)25(21-9-11-22(33-3)12-10-21)26-27-28-29-32(26)18-23-7-5-17-34-23;/h4,6,8-12,23,25H,5,7,13-18H2,1-3H3;1H. The second-order valence-electron chi connectivity index (χ2n) is 9.27. The first-order valence-electron chi connectivity index (χ1n) is 12.2. The molecule has 0 spiro atoms. The lowest BCUT2D eigenvalue weighted by Crippen LogP contribution is -2.48. The number of rotatable bonds is 7. The summed E-state index contributed by atoms with van der Waals surface area (Å²) in [6.07, 6.45) is 2.34. The van der Waals surface area contributed by atoms with Crippen LogP contribution in [0.2, 0.25) is 0 Å². The second-order valence-corrected chi connectivity index (χ2v) is 9.27. The molecule has 9 heteroatoms. The quantitative estimate of drug-likeness (QED) is 0.490. The molecule has 2 aromatic carbocycles. The van der Waals surface area contributed by atoms with Crippen molar-refractivity contribution in [1.29, 1.82) is 0 Å². The minimum absolute atomic E-state index is 0. The van der Waals surface area contributed by atoms with Crippen molar-refractivity contribution < 1.29 is 9.47 Å². The van der Waals surface area contributed by atoms with Gasteiger partial charge in [-0.2, -0.15) is 0 Å². The zero-order valence-electron chi connectivity index (χ0n) is 20.8. The summed E-state index contributed by atoms with van der Waals surface area (Å²) in [5.41, 5.74) is 5.21. The molecule has 5 rings (SSSR count). The Morgan fingerprint density at radius 3 is 2.51 bits per heavy atom. The Hall–Kier alpha value is -2.68. The van der Waals surface area contributed by atoms with E-state index >= 15 is 0 Å². The number of anilines is 1. The highest BCUT2D eigenvalue weighted by Crippen LogP contribution is 2.31. The number of benzene rings is 2. The van der Waals surface area contributed by atoms with Gasteiger partial charge in [-0.05, 0) is 72.0 Å². The zero-order chi connectivity index (χ0) is 23.5. The minimum atomic E-state index is -0.0249. The third kappa shape index (κ3) is 5.44. The zero-order valence-corrected chi connectivity index (χ0v) is 21.6. The van der Waals surface area contributed by atoms with E-state index in [9.17, 15) is 0 Å². The van der Waals surface area contributed by atoms with E-state index in [1.165, 1.54) is 22.4 Å². The average Bonchev–Trinajstić information content (AvgIpc) is 3.55. The normalized spacial score (nSPS) is 19.4. The fraction of sp³-hybridized carbons (Fsp3) is 0.500. The van der Waals surface area contributed by atoms with Crippen LogP contribution < -0.4 is 9.64 Å². The Kier molecular flexibility index (Phi) is 8.26. The number of hydrogen-bond donors (Lipinski definition) is 0. The van der Waals surface area contributed by atoms with Gasteiger partial charge in [0.1, 0.15) is 5.75 Å². The van der Waals surface area contributed by atoms with Crippen LogP contribution in [0.25, 0.3) is 0 Å². The monoisotopic (exact) mass is 498 g/mol. The van der Waals surface area contributed by atoms with Crippen molar-refractivity contribution in [3.63, 3.8) is 0 Å². The van der Waals surface area contributed by atoms with Gasteiger partial charge in [0.25, 0.3) is 0 Å². The smallest absolute Gasteiger partial charge is 0.173 e. The Bertz CT molecular complexity index is 1090. The average molecular weight is 499 g/mol. The summed E-state index contributed by atoms with van der Waals surface area (Å²) >= 11 is 0. The molecule has 2 aliphatic rings. The highest BCUT2D eigenvalue weighted by atomic mass is 35.5. The maximum atomic E-state index is 5.87. The third-order valence-electron chi connectivity index (χ3n) is 7.23. The van der Waals surface area contributed by atoms with Crippen molar-refractivity contribution >= 4 is 18.1 Å². The van der Waals surface area contributed by atoms with Gasteiger partial charge in [0.15, 0.2) is 5.82 Å². The summed E-state index contributed by atoms with van der Waals surface area (Å²) in [7, 11) is 1.70. The molecule has 0 aliphatic carbocycles. The van der Waals surface area contributed by atoms with E-state index < -0.39 is 0 Å². The van der Waals surface area contributed by atoms with Crippen molar-refractivity contribution in [2.75, 3.05) is 44.8 Å². The van der Waals surface area contributed by atoms with E-state index in [0.717, 1.165) is 57.2 Å². The van der Waals surface area contributed by atoms with Crippen LogP contribution in [0.15, 0.2) is 42.5 Å². The van der Waals surface area contributed by atoms with E-state index in [1.54, 1.807) is 7.11 Å². The fourth-order valence-corrected chi connectivity index (χ4v) is 5.13. The van der Waals surface area contributed by atoms with Gasteiger partial charge in [0.05, 0.1) is 25.8 Å². The third-order valence-corrected chi connectivity index (χ3v) is 7.23.